The predicted molar refractivity (Wildman–Crippen MR) is 108 cm³/mol. The molecule has 1 saturated carbocycles. The molecule has 1 aliphatic carbocycles. The lowest BCUT2D eigenvalue weighted by molar-refractivity contribution is -0.129. The van der Waals surface area contributed by atoms with E-state index in [1.807, 2.05) is 68.4 Å². The van der Waals surface area contributed by atoms with Crippen LogP contribution in [0.3, 0.4) is 0 Å². The second-order valence-electron chi connectivity index (χ2n) is 7.54. The maximum absolute atomic E-state index is 12.6. The standard InChI is InChI=1S/C23H28N2O2/c1-16-8-14-21(15-9-16)25-23(27)20-12-10-19(11-13-20)22(26)24-17(2)18-6-4-3-5-7-18/h3-9,14-15,17,19-20H,10-13H2,1-2H3,(H,24,26)(H,25,27). The largest absolute Gasteiger partial charge is 0.349 e. The van der Waals surface area contributed by atoms with Crippen molar-refractivity contribution in [2.24, 2.45) is 11.8 Å². The molecule has 0 radical (unpaired) electrons. The van der Waals surface area contributed by atoms with Crippen LogP contribution in [-0.2, 0) is 9.59 Å². The van der Waals surface area contributed by atoms with E-state index in [1.165, 1.54) is 5.56 Å². The molecular formula is C23H28N2O2. The summed E-state index contributed by atoms with van der Waals surface area (Å²) in [5.41, 5.74) is 3.11. The van der Waals surface area contributed by atoms with Crippen LogP contribution in [0.1, 0.15) is 49.8 Å². The molecule has 0 bridgehead atoms. The van der Waals surface area contributed by atoms with Gasteiger partial charge in [-0.3, -0.25) is 9.59 Å². The quantitative estimate of drug-likeness (QED) is 0.813. The van der Waals surface area contributed by atoms with Crippen LogP contribution in [-0.4, -0.2) is 11.8 Å². The summed E-state index contributed by atoms with van der Waals surface area (Å²) in [6.07, 6.45) is 3.05. The maximum Gasteiger partial charge on any atom is 0.227 e. The van der Waals surface area contributed by atoms with Crippen molar-refractivity contribution in [3.05, 3.63) is 65.7 Å². The summed E-state index contributed by atoms with van der Waals surface area (Å²) in [5, 5.41) is 6.11. The summed E-state index contributed by atoms with van der Waals surface area (Å²) >= 11 is 0. The molecule has 2 N–H and O–H groups in total. The summed E-state index contributed by atoms with van der Waals surface area (Å²) in [5.74, 6) is 0.153. The van der Waals surface area contributed by atoms with Gasteiger partial charge in [-0.05, 0) is 57.2 Å². The average molecular weight is 364 g/mol. The first-order chi connectivity index (χ1) is 13.0. The van der Waals surface area contributed by atoms with E-state index in [4.69, 9.17) is 0 Å². The van der Waals surface area contributed by atoms with E-state index in [1.54, 1.807) is 0 Å². The average Bonchev–Trinajstić information content (AvgIpc) is 2.70. The fourth-order valence-electron chi connectivity index (χ4n) is 3.66. The van der Waals surface area contributed by atoms with Gasteiger partial charge in [-0.25, -0.2) is 0 Å². The van der Waals surface area contributed by atoms with Crippen LogP contribution in [0.4, 0.5) is 5.69 Å². The molecule has 27 heavy (non-hydrogen) atoms. The molecular weight excluding hydrogens is 336 g/mol. The molecule has 3 rings (SSSR count). The van der Waals surface area contributed by atoms with Gasteiger partial charge in [-0.2, -0.15) is 0 Å². The number of carbonyl (C=O) groups excluding carboxylic acids is 2. The fraction of sp³-hybridized carbons (Fsp3) is 0.391. The first-order valence-electron chi connectivity index (χ1n) is 9.76. The van der Waals surface area contributed by atoms with Crippen molar-refractivity contribution in [2.45, 2.75) is 45.6 Å². The minimum absolute atomic E-state index is 0.000382. The molecule has 1 fully saturated rings. The maximum atomic E-state index is 12.6. The number of benzene rings is 2. The van der Waals surface area contributed by atoms with Crippen LogP contribution in [0.5, 0.6) is 0 Å². The van der Waals surface area contributed by atoms with Gasteiger partial charge in [0.25, 0.3) is 0 Å². The lowest BCUT2D eigenvalue weighted by Gasteiger charge is -2.28. The predicted octanol–water partition coefficient (Wildman–Crippen LogP) is 4.62. The number of aryl methyl sites for hydroxylation is 1. The fourth-order valence-corrected chi connectivity index (χ4v) is 3.66. The zero-order valence-electron chi connectivity index (χ0n) is 16.1. The van der Waals surface area contributed by atoms with E-state index in [0.29, 0.717) is 0 Å². The number of nitrogens with one attached hydrogen (secondary N) is 2. The molecule has 0 aliphatic heterocycles. The zero-order valence-corrected chi connectivity index (χ0v) is 16.1. The van der Waals surface area contributed by atoms with Crippen molar-refractivity contribution in [3.8, 4) is 0 Å². The second-order valence-corrected chi connectivity index (χ2v) is 7.54. The molecule has 1 atom stereocenters. The van der Waals surface area contributed by atoms with Crippen LogP contribution in [0, 0.1) is 18.8 Å². The van der Waals surface area contributed by atoms with Crippen LogP contribution in [0.15, 0.2) is 54.6 Å². The van der Waals surface area contributed by atoms with Crippen molar-refractivity contribution >= 4 is 17.5 Å². The Labute approximate surface area is 161 Å². The minimum Gasteiger partial charge on any atom is -0.349 e. The van der Waals surface area contributed by atoms with E-state index in [2.05, 4.69) is 10.6 Å². The molecule has 0 spiro atoms. The topological polar surface area (TPSA) is 58.2 Å². The molecule has 1 unspecified atom stereocenters. The highest BCUT2D eigenvalue weighted by Crippen LogP contribution is 2.30. The van der Waals surface area contributed by atoms with Crippen molar-refractivity contribution < 1.29 is 9.59 Å². The Morgan fingerprint density at radius 2 is 1.41 bits per heavy atom. The third kappa shape index (κ3) is 5.19. The summed E-state index contributed by atoms with van der Waals surface area (Å²) in [6.45, 7) is 4.03. The summed E-state index contributed by atoms with van der Waals surface area (Å²) in [6, 6.07) is 17.8. The third-order valence-corrected chi connectivity index (χ3v) is 5.45. The Bertz CT molecular complexity index is 763. The molecule has 0 heterocycles. The molecule has 142 valence electrons. The Hall–Kier alpha value is -2.62. The van der Waals surface area contributed by atoms with Crippen molar-refractivity contribution in [2.75, 3.05) is 5.32 Å². The molecule has 2 amide bonds. The SMILES string of the molecule is Cc1ccc(NC(=O)C2CCC(C(=O)NC(C)c3ccccc3)CC2)cc1. The number of hydrogen-bond acceptors (Lipinski definition) is 2. The number of anilines is 1. The van der Waals surface area contributed by atoms with Crippen molar-refractivity contribution in [3.63, 3.8) is 0 Å². The van der Waals surface area contributed by atoms with Crippen LogP contribution in [0.25, 0.3) is 0 Å². The van der Waals surface area contributed by atoms with Crippen LogP contribution >= 0.6 is 0 Å². The zero-order chi connectivity index (χ0) is 19.2. The highest BCUT2D eigenvalue weighted by Gasteiger charge is 2.30. The molecule has 2 aromatic rings. The summed E-state index contributed by atoms with van der Waals surface area (Å²) in [7, 11) is 0. The minimum atomic E-state index is -0.0121. The van der Waals surface area contributed by atoms with Gasteiger partial charge in [-0.1, -0.05) is 48.0 Å². The van der Waals surface area contributed by atoms with Crippen LogP contribution < -0.4 is 10.6 Å². The van der Waals surface area contributed by atoms with E-state index < -0.39 is 0 Å². The first kappa shape index (κ1) is 19.2. The van der Waals surface area contributed by atoms with E-state index in [0.717, 1.165) is 36.9 Å². The Balaban J connectivity index is 1.47. The van der Waals surface area contributed by atoms with Gasteiger partial charge in [0.15, 0.2) is 0 Å². The summed E-state index contributed by atoms with van der Waals surface area (Å²) in [4.78, 5) is 25.0. The van der Waals surface area contributed by atoms with Gasteiger partial charge in [0.1, 0.15) is 0 Å². The number of amides is 2. The normalized spacial score (nSPS) is 20.5. The van der Waals surface area contributed by atoms with Gasteiger partial charge in [0.2, 0.25) is 11.8 Å². The van der Waals surface area contributed by atoms with Gasteiger partial charge in [-0.15, -0.1) is 0 Å². The number of carbonyl (C=O) groups is 2. The molecule has 2 aromatic carbocycles. The molecule has 4 nitrogen and oxygen atoms in total. The number of hydrogen-bond donors (Lipinski definition) is 2. The molecule has 0 saturated heterocycles. The Morgan fingerprint density at radius 3 is 2.00 bits per heavy atom. The van der Waals surface area contributed by atoms with Gasteiger partial charge < -0.3 is 10.6 Å². The monoisotopic (exact) mass is 364 g/mol. The molecule has 0 aromatic heterocycles. The van der Waals surface area contributed by atoms with Crippen LogP contribution in [0.2, 0.25) is 0 Å². The van der Waals surface area contributed by atoms with E-state index in [-0.39, 0.29) is 29.7 Å². The Morgan fingerprint density at radius 1 is 0.852 bits per heavy atom. The summed E-state index contributed by atoms with van der Waals surface area (Å²) < 4.78 is 0. The van der Waals surface area contributed by atoms with E-state index in [9.17, 15) is 9.59 Å². The van der Waals surface area contributed by atoms with Gasteiger partial charge in [0, 0.05) is 17.5 Å². The first-order valence-corrected chi connectivity index (χ1v) is 9.76. The van der Waals surface area contributed by atoms with Gasteiger partial charge >= 0.3 is 0 Å². The smallest absolute Gasteiger partial charge is 0.227 e. The van der Waals surface area contributed by atoms with Crippen molar-refractivity contribution in [1.29, 1.82) is 0 Å². The van der Waals surface area contributed by atoms with E-state index >= 15 is 0 Å². The third-order valence-electron chi connectivity index (χ3n) is 5.45. The molecule has 4 heteroatoms. The highest BCUT2D eigenvalue weighted by atomic mass is 16.2. The highest BCUT2D eigenvalue weighted by molar-refractivity contribution is 5.92. The lowest BCUT2D eigenvalue weighted by atomic mass is 9.81. The van der Waals surface area contributed by atoms with Gasteiger partial charge in [0.05, 0.1) is 6.04 Å². The molecule has 1 aliphatic rings. The lowest BCUT2D eigenvalue weighted by Crippen LogP contribution is -2.36. The van der Waals surface area contributed by atoms with Crippen molar-refractivity contribution in [1.82, 2.24) is 5.32 Å². The Kier molecular flexibility index (Phi) is 6.28. The number of rotatable bonds is 5. The second kappa shape index (κ2) is 8.85.